The number of rotatable bonds is 4. The summed E-state index contributed by atoms with van der Waals surface area (Å²) in [6, 6.07) is 6.87. The van der Waals surface area contributed by atoms with Crippen LogP contribution in [0, 0.1) is 13.8 Å². The predicted octanol–water partition coefficient (Wildman–Crippen LogP) is 1.54. The van der Waals surface area contributed by atoms with Crippen molar-refractivity contribution in [3.05, 3.63) is 47.3 Å². The summed E-state index contributed by atoms with van der Waals surface area (Å²) in [4.78, 5) is 4.31. The van der Waals surface area contributed by atoms with Crippen LogP contribution in [0.2, 0.25) is 0 Å². The quantitative estimate of drug-likeness (QED) is 0.742. The van der Waals surface area contributed by atoms with Crippen molar-refractivity contribution in [1.82, 2.24) is 4.98 Å². The van der Waals surface area contributed by atoms with E-state index < -0.39 is 10.0 Å². The number of pyridine rings is 1. The molecule has 1 heterocycles. The van der Waals surface area contributed by atoms with Gasteiger partial charge in [-0.15, -0.1) is 0 Å². The van der Waals surface area contributed by atoms with Gasteiger partial charge in [0.1, 0.15) is 0 Å². The minimum atomic E-state index is -3.81. The van der Waals surface area contributed by atoms with Gasteiger partial charge in [0.05, 0.1) is 17.1 Å². The van der Waals surface area contributed by atoms with Crippen LogP contribution < -0.4 is 16.2 Å². The molecule has 0 aliphatic carbocycles. The Bertz CT molecular complexity index is 773. The monoisotopic (exact) mass is 306 g/mol. The third kappa shape index (κ3) is 3.50. The van der Waals surface area contributed by atoms with Crippen molar-refractivity contribution in [2.45, 2.75) is 25.3 Å². The lowest BCUT2D eigenvalue weighted by Gasteiger charge is -2.14. The Kier molecular flexibility index (Phi) is 4.15. The van der Waals surface area contributed by atoms with Crippen LogP contribution in [0.15, 0.2) is 35.4 Å². The number of nitrogens with one attached hydrogen (secondary N) is 1. The fourth-order valence-electron chi connectivity index (χ4n) is 2.07. The Morgan fingerprint density at radius 1 is 1.29 bits per heavy atom. The molecule has 6 nitrogen and oxygen atoms in total. The zero-order valence-corrected chi connectivity index (χ0v) is 12.7. The number of nitrogen functional groups attached to an aromatic ring is 1. The van der Waals surface area contributed by atoms with E-state index in [1.165, 1.54) is 6.07 Å². The fraction of sp³-hybridized carbons (Fsp3) is 0.214. The smallest absolute Gasteiger partial charge is 0.238 e. The van der Waals surface area contributed by atoms with Crippen molar-refractivity contribution in [3.8, 4) is 0 Å². The average Bonchev–Trinajstić information content (AvgIpc) is 2.39. The summed E-state index contributed by atoms with van der Waals surface area (Å²) in [6.45, 7) is 4.12. The van der Waals surface area contributed by atoms with Gasteiger partial charge in [-0.05, 0) is 43.2 Å². The molecule has 0 spiro atoms. The molecule has 0 saturated heterocycles. The van der Waals surface area contributed by atoms with Crippen LogP contribution in [-0.2, 0) is 16.6 Å². The van der Waals surface area contributed by atoms with Crippen molar-refractivity contribution >= 4 is 21.4 Å². The van der Waals surface area contributed by atoms with Crippen LogP contribution in [0.5, 0.6) is 0 Å². The van der Waals surface area contributed by atoms with Gasteiger partial charge < -0.3 is 11.1 Å². The van der Waals surface area contributed by atoms with Gasteiger partial charge in [0.2, 0.25) is 10.0 Å². The topological polar surface area (TPSA) is 111 Å². The molecule has 0 fully saturated rings. The van der Waals surface area contributed by atoms with Crippen LogP contribution in [0.1, 0.15) is 16.8 Å². The van der Waals surface area contributed by atoms with E-state index >= 15 is 0 Å². The number of aryl methyl sites for hydroxylation is 1. The fourth-order valence-corrected chi connectivity index (χ4v) is 2.91. The minimum absolute atomic E-state index is 0.0303. The van der Waals surface area contributed by atoms with Gasteiger partial charge in [-0.3, -0.25) is 4.98 Å². The third-order valence-corrected chi connectivity index (χ3v) is 4.29. The van der Waals surface area contributed by atoms with E-state index in [1.54, 1.807) is 19.2 Å². The highest BCUT2D eigenvalue weighted by atomic mass is 32.2. The number of hydrogen-bond donors (Lipinski definition) is 3. The highest BCUT2D eigenvalue weighted by molar-refractivity contribution is 7.89. The molecular formula is C14H18N4O2S. The molecule has 0 aliphatic heterocycles. The van der Waals surface area contributed by atoms with Crippen molar-refractivity contribution in [1.29, 1.82) is 0 Å². The Labute approximate surface area is 124 Å². The zero-order valence-electron chi connectivity index (χ0n) is 11.9. The number of aromatic nitrogens is 1. The second-order valence-corrected chi connectivity index (χ2v) is 6.39. The molecule has 5 N–H and O–H groups in total. The number of nitrogens with two attached hydrogens (primary N) is 2. The highest BCUT2D eigenvalue weighted by Crippen LogP contribution is 2.26. The number of sulfonamides is 1. The van der Waals surface area contributed by atoms with E-state index in [0.29, 0.717) is 23.5 Å². The first-order chi connectivity index (χ1) is 9.79. The van der Waals surface area contributed by atoms with E-state index in [-0.39, 0.29) is 4.90 Å². The molecule has 1 aromatic heterocycles. The maximum Gasteiger partial charge on any atom is 0.238 e. The molecule has 0 aliphatic rings. The number of anilines is 2. The van der Waals surface area contributed by atoms with Crippen molar-refractivity contribution < 1.29 is 8.42 Å². The largest absolute Gasteiger partial charge is 0.399 e. The summed E-state index contributed by atoms with van der Waals surface area (Å²) in [5.41, 5.74) is 9.20. The number of benzene rings is 1. The molecule has 0 saturated carbocycles. The molecule has 0 atom stereocenters. The molecule has 7 heteroatoms. The second kappa shape index (κ2) is 5.71. The summed E-state index contributed by atoms with van der Waals surface area (Å²) in [5, 5.41) is 8.36. The van der Waals surface area contributed by atoms with Gasteiger partial charge in [-0.2, -0.15) is 0 Å². The first kappa shape index (κ1) is 15.3. The SMILES string of the molecule is Cc1cccnc1CNc1cc(N)cc(S(N)(=O)=O)c1C. The minimum Gasteiger partial charge on any atom is -0.399 e. The lowest BCUT2D eigenvalue weighted by molar-refractivity contribution is 0.597. The molecular weight excluding hydrogens is 288 g/mol. The van der Waals surface area contributed by atoms with Crippen molar-refractivity contribution in [3.63, 3.8) is 0 Å². The second-order valence-electron chi connectivity index (χ2n) is 4.86. The van der Waals surface area contributed by atoms with Gasteiger partial charge in [0.15, 0.2) is 0 Å². The Hall–Kier alpha value is -2.12. The molecule has 2 aromatic rings. The standard InChI is InChI=1S/C14H18N4O2S/c1-9-4-3-5-17-13(9)8-18-12-6-11(15)7-14(10(12)2)21(16,19)20/h3-7,18H,8,15H2,1-2H3,(H2,16,19,20). The van der Waals surface area contributed by atoms with E-state index in [2.05, 4.69) is 10.3 Å². The first-order valence-corrected chi connectivity index (χ1v) is 7.91. The molecule has 2 rings (SSSR count). The highest BCUT2D eigenvalue weighted by Gasteiger charge is 2.15. The number of hydrogen-bond acceptors (Lipinski definition) is 5. The van der Waals surface area contributed by atoms with Crippen LogP contribution in [0.4, 0.5) is 11.4 Å². The third-order valence-electron chi connectivity index (χ3n) is 3.25. The maximum absolute atomic E-state index is 11.6. The van der Waals surface area contributed by atoms with Crippen LogP contribution in [0.3, 0.4) is 0 Å². The molecule has 21 heavy (non-hydrogen) atoms. The Balaban J connectivity index is 2.33. The summed E-state index contributed by atoms with van der Waals surface area (Å²) in [7, 11) is -3.81. The molecule has 0 bridgehead atoms. The molecule has 112 valence electrons. The van der Waals surface area contributed by atoms with Gasteiger partial charge in [0, 0.05) is 17.6 Å². The predicted molar refractivity (Wildman–Crippen MR) is 83.3 cm³/mol. The molecule has 0 unspecified atom stereocenters. The van der Waals surface area contributed by atoms with Gasteiger partial charge in [-0.25, -0.2) is 13.6 Å². The van der Waals surface area contributed by atoms with E-state index in [9.17, 15) is 8.42 Å². The lowest BCUT2D eigenvalue weighted by atomic mass is 10.1. The van der Waals surface area contributed by atoms with Gasteiger partial charge in [-0.1, -0.05) is 6.07 Å². The Morgan fingerprint density at radius 2 is 2.00 bits per heavy atom. The summed E-state index contributed by atoms with van der Waals surface area (Å²) in [5.74, 6) is 0. The van der Waals surface area contributed by atoms with Crippen molar-refractivity contribution in [2.24, 2.45) is 5.14 Å². The average molecular weight is 306 g/mol. The van der Waals surface area contributed by atoms with Gasteiger partial charge in [0.25, 0.3) is 0 Å². The van der Waals surface area contributed by atoms with Crippen LogP contribution in [-0.4, -0.2) is 13.4 Å². The van der Waals surface area contributed by atoms with Crippen molar-refractivity contribution in [2.75, 3.05) is 11.1 Å². The molecule has 0 radical (unpaired) electrons. The molecule has 0 amide bonds. The van der Waals surface area contributed by atoms with E-state index in [0.717, 1.165) is 11.3 Å². The van der Waals surface area contributed by atoms with Crippen LogP contribution >= 0.6 is 0 Å². The van der Waals surface area contributed by atoms with Crippen LogP contribution in [0.25, 0.3) is 0 Å². The summed E-state index contributed by atoms with van der Waals surface area (Å²) < 4.78 is 23.1. The lowest BCUT2D eigenvalue weighted by Crippen LogP contribution is -2.15. The zero-order chi connectivity index (χ0) is 15.6. The number of nitrogens with zero attached hydrogens (tertiary/aromatic N) is 1. The molecule has 1 aromatic carbocycles. The Morgan fingerprint density at radius 3 is 2.62 bits per heavy atom. The summed E-state index contributed by atoms with van der Waals surface area (Å²) in [6.07, 6.45) is 1.71. The maximum atomic E-state index is 11.6. The normalized spacial score (nSPS) is 11.4. The first-order valence-electron chi connectivity index (χ1n) is 6.36. The summed E-state index contributed by atoms with van der Waals surface area (Å²) >= 11 is 0. The van der Waals surface area contributed by atoms with E-state index in [1.807, 2.05) is 19.1 Å². The number of primary sulfonamides is 1. The van der Waals surface area contributed by atoms with Gasteiger partial charge >= 0.3 is 0 Å². The van der Waals surface area contributed by atoms with E-state index in [4.69, 9.17) is 10.9 Å².